The second-order valence-electron chi connectivity index (χ2n) is 8.15. The number of nitrogens with zero attached hydrogens (tertiary/aromatic N) is 2. The number of rotatable bonds is 7. The Balaban J connectivity index is 1.85. The average molecular weight is 408 g/mol. The monoisotopic (exact) mass is 408 g/mol. The quantitative estimate of drug-likeness (QED) is 0.655. The van der Waals surface area contributed by atoms with Crippen molar-refractivity contribution >= 4 is 23.4 Å². The highest BCUT2D eigenvalue weighted by Gasteiger charge is 2.48. The van der Waals surface area contributed by atoms with Gasteiger partial charge in [0.2, 0.25) is 5.91 Å². The summed E-state index contributed by atoms with van der Waals surface area (Å²) in [4.78, 5) is 41.9. The van der Waals surface area contributed by atoms with Gasteiger partial charge < -0.3 is 9.64 Å². The Labute approximate surface area is 177 Å². The molecule has 0 radical (unpaired) electrons. The number of aryl methyl sites for hydroxylation is 1. The van der Waals surface area contributed by atoms with Crippen molar-refractivity contribution in [2.45, 2.75) is 52.1 Å². The molecule has 2 aromatic carbocycles. The molecule has 0 bridgehead atoms. The number of carbonyl (C=O) groups is 3. The van der Waals surface area contributed by atoms with Gasteiger partial charge >= 0.3 is 0 Å². The van der Waals surface area contributed by atoms with Crippen LogP contribution in [-0.2, 0) is 14.4 Å². The summed E-state index contributed by atoms with van der Waals surface area (Å²) in [5.41, 5.74) is 0.956. The Morgan fingerprint density at radius 1 is 1.10 bits per heavy atom. The first-order chi connectivity index (χ1) is 14.2. The fourth-order valence-electron chi connectivity index (χ4n) is 3.62. The lowest BCUT2D eigenvalue weighted by molar-refractivity contribution is -0.146. The molecule has 1 unspecified atom stereocenters. The van der Waals surface area contributed by atoms with Crippen LogP contribution in [0.5, 0.6) is 5.75 Å². The van der Waals surface area contributed by atoms with Crippen LogP contribution in [-0.4, -0.2) is 40.8 Å². The molecule has 0 N–H and O–H groups in total. The van der Waals surface area contributed by atoms with E-state index in [1.165, 1.54) is 9.80 Å². The van der Waals surface area contributed by atoms with Gasteiger partial charge in [-0.15, -0.1) is 0 Å². The van der Waals surface area contributed by atoms with Gasteiger partial charge in [-0.1, -0.05) is 42.8 Å². The van der Waals surface area contributed by atoms with Gasteiger partial charge in [0.25, 0.3) is 11.8 Å². The molecule has 30 heavy (non-hydrogen) atoms. The van der Waals surface area contributed by atoms with Crippen LogP contribution < -0.4 is 9.64 Å². The van der Waals surface area contributed by atoms with Crippen molar-refractivity contribution in [3.63, 3.8) is 0 Å². The van der Waals surface area contributed by atoms with E-state index in [1.807, 2.05) is 58.0 Å². The largest absolute Gasteiger partial charge is 0.484 e. The predicted octanol–water partition coefficient (Wildman–Crippen LogP) is 3.72. The van der Waals surface area contributed by atoms with Crippen molar-refractivity contribution in [1.29, 1.82) is 0 Å². The Kier molecular flexibility index (Phi) is 6.25. The highest BCUT2D eigenvalue weighted by Crippen LogP contribution is 2.31. The number of anilines is 1. The van der Waals surface area contributed by atoms with Gasteiger partial charge in [-0.2, -0.15) is 0 Å². The molecular formula is C24H28N2O4. The van der Waals surface area contributed by atoms with Gasteiger partial charge in [-0.05, 0) is 51.5 Å². The standard InChI is InChI=1S/C24H28N2O4/c1-5-24(3,4)26(22(28)16-30-19-9-7-6-8-10-19)20-15-21(27)25(23(20)29)18-13-11-17(2)12-14-18/h6-14,20H,5,15-16H2,1-4H3. The van der Waals surface area contributed by atoms with E-state index >= 15 is 0 Å². The van der Waals surface area contributed by atoms with E-state index in [0.29, 0.717) is 17.9 Å². The smallest absolute Gasteiger partial charge is 0.261 e. The number of benzene rings is 2. The molecule has 3 rings (SSSR count). The van der Waals surface area contributed by atoms with Crippen LogP contribution in [0.2, 0.25) is 0 Å². The molecule has 2 aromatic rings. The van der Waals surface area contributed by atoms with Crippen LogP contribution in [0.25, 0.3) is 0 Å². The molecule has 0 spiro atoms. The summed E-state index contributed by atoms with van der Waals surface area (Å²) in [7, 11) is 0. The number of hydrogen-bond donors (Lipinski definition) is 0. The number of imide groups is 1. The minimum absolute atomic E-state index is 0.0345. The summed E-state index contributed by atoms with van der Waals surface area (Å²) >= 11 is 0. The maximum absolute atomic E-state index is 13.3. The topological polar surface area (TPSA) is 66.9 Å². The molecule has 1 aliphatic rings. The van der Waals surface area contributed by atoms with Crippen molar-refractivity contribution in [3.8, 4) is 5.75 Å². The van der Waals surface area contributed by atoms with Crippen molar-refractivity contribution in [2.75, 3.05) is 11.5 Å². The molecule has 6 heteroatoms. The van der Waals surface area contributed by atoms with Gasteiger partial charge in [-0.3, -0.25) is 14.4 Å². The van der Waals surface area contributed by atoms with Crippen molar-refractivity contribution < 1.29 is 19.1 Å². The molecule has 3 amide bonds. The summed E-state index contributed by atoms with van der Waals surface area (Å²) in [5.74, 6) is -0.418. The summed E-state index contributed by atoms with van der Waals surface area (Å²) in [6.07, 6.45) is 0.597. The number of carbonyl (C=O) groups excluding carboxylic acids is 3. The lowest BCUT2D eigenvalue weighted by Gasteiger charge is -2.41. The first-order valence-electron chi connectivity index (χ1n) is 10.2. The molecule has 1 heterocycles. The normalized spacial score (nSPS) is 16.7. The third-order valence-electron chi connectivity index (χ3n) is 5.62. The third kappa shape index (κ3) is 4.37. The summed E-state index contributed by atoms with van der Waals surface area (Å²) in [6.45, 7) is 7.50. The Hall–Kier alpha value is -3.15. The number of amides is 3. The van der Waals surface area contributed by atoms with Crippen LogP contribution in [0.1, 0.15) is 39.2 Å². The molecule has 0 aromatic heterocycles. The Morgan fingerprint density at radius 2 is 1.73 bits per heavy atom. The second-order valence-corrected chi connectivity index (χ2v) is 8.15. The van der Waals surface area contributed by atoms with Gasteiger partial charge in [0, 0.05) is 5.54 Å². The van der Waals surface area contributed by atoms with Crippen LogP contribution in [0.15, 0.2) is 54.6 Å². The summed E-state index contributed by atoms with van der Waals surface area (Å²) in [5, 5.41) is 0. The molecule has 6 nitrogen and oxygen atoms in total. The predicted molar refractivity (Wildman–Crippen MR) is 115 cm³/mol. The van der Waals surface area contributed by atoms with Crippen molar-refractivity contribution in [3.05, 3.63) is 60.2 Å². The first kappa shape index (κ1) is 21.6. The number of hydrogen-bond acceptors (Lipinski definition) is 4. The fourth-order valence-corrected chi connectivity index (χ4v) is 3.62. The highest BCUT2D eigenvalue weighted by atomic mass is 16.5. The highest BCUT2D eigenvalue weighted by molar-refractivity contribution is 6.23. The van der Waals surface area contributed by atoms with Crippen LogP contribution >= 0.6 is 0 Å². The molecule has 1 saturated heterocycles. The number of para-hydroxylation sites is 1. The lowest BCUT2D eigenvalue weighted by atomic mass is 9.96. The molecule has 1 atom stereocenters. The minimum Gasteiger partial charge on any atom is -0.484 e. The summed E-state index contributed by atoms with van der Waals surface area (Å²) in [6, 6.07) is 15.4. The number of ether oxygens (including phenoxy) is 1. The second kappa shape index (κ2) is 8.69. The van der Waals surface area contributed by atoms with Crippen molar-refractivity contribution in [2.24, 2.45) is 0 Å². The van der Waals surface area contributed by atoms with E-state index in [-0.39, 0.29) is 30.7 Å². The van der Waals surface area contributed by atoms with Gasteiger partial charge in [0.1, 0.15) is 11.8 Å². The van der Waals surface area contributed by atoms with Gasteiger partial charge in [0.05, 0.1) is 12.1 Å². The molecule has 158 valence electrons. The maximum Gasteiger partial charge on any atom is 0.261 e. The Bertz CT molecular complexity index is 922. The van der Waals surface area contributed by atoms with E-state index in [4.69, 9.17) is 4.74 Å². The summed E-state index contributed by atoms with van der Waals surface area (Å²) < 4.78 is 5.63. The van der Waals surface area contributed by atoms with Crippen LogP contribution in [0.4, 0.5) is 5.69 Å². The Morgan fingerprint density at radius 3 is 2.33 bits per heavy atom. The zero-order valence-corrected chi connectivity index (χ0v) is 17.9. The molecule has 1 fully saturated rings. The zero-order valence-electron chi connectivity index (χ0n) is 17.9. The van der Waals surface area contributed by atoms with E-state index in [0.717, 1.165) is 5.56 Å². The zero-order chi connectivity index (χ0) is 21.9. The lowest BCUT2D eigenvalue weighted by Crippen LogP contribution is -2.56. The SMILES string of the molecule is CCC(C)(C)N(C(=O)COc1ccccc1)C1CC(=O)N(c2ccc(C)cc2)C1=O. The molecule has 0 saturated carbocycles. The van der Waals surface area contributed by atoms with E-state index < -0.39 is 11.6 Å². The third-order valence-corrected chi connectivity index (χ3v) is 5.62. The van der Waals surface area contributed by atoms with E-state index in [9.17, 15) is 14.4 Å². The maximum atomic E-state index is 13.3. The average Bonchev–Trinajstić information content (AvgIpc) is 3.01. The van der Waals surface area contributed by atoms with E-state index in [1.54, 1.807) is 24.3 Å². The minimum atomic E-state index is -0.847. The first-order valence-corrected chi connectivity index (χ1v) is 10.2. The molecule has 0 aliphatic carbocycles. The van der Waals surface area contributed by atoms with E-state index in [2.05, 4.69) is 0 Å². The van der Waals surface area contributed by atoms with Crippen molar-refractivity contribution in [1.82, 2.24) is 4.90 Å². The van der Waals surface area contributed by atoms with Crippen LogP contribution in [0.3, 0.4) is 0 Å². The molecular weight excluding hydrogens is 380 g/mol. The van der Waals surface area contributed by atoms with Crippen LogP contribution in [0, 0.1) is 6.92 Å². The van der Waals surface area contributed by atoms with Gasteiger partial charge in [0.15, 0.2) is 6.61 Å². The molecule has 1 aliphatic heterocycles. The fraction of sp³-hybridized carbons (Fsp3) is 0.375. The van der Waals surface area contributed by atoms with Gasteiger partial charge in [-0.25, -0.2) is 4.90 Å².